The summed E-state index contributed by atoms with van der Waals surface area (Å²) < 4.78 is 1.15. The first kappa shape index (κ1) is 13.1. The summed E-state index contributed by atoms with van der Waals surface area (Å²) >= 11 is 7.04. The summed E-state index contributed by atoms with van der Waals surface area (Å²) in [5.74, 6) is 0. The summed E-state index contributed by atoms with van der Waals surface area (Å²) in [4.78, 5) is 3.73. The van der Waals surface area contributed by atoms with E-state index in [1.165, 1.54) is 20.2 Å². The van der Waals surface area contributed by atoms with Gasteiger partial charge in [0.25, 0.3) is 0 Å². The number of thioether (sulfide) groups is 1. The van der Waals surface area contributed by atoms with Crippen molar-refractivity contribution in [1.29, 1.82) is 0 Å². The minimum absolute atomic E-state index is 0.0337. The Kier molecular flexibility index (Phi) is 4.31. The molecule has 0 saturated carbocycles. The van der Waals surface area contributed by atoms with Crippen LogP contribution in [0.1, 0.15) is 21.4 Å². The van der Waals surface area contributed by atoms with E-state index in [2.05, 4.69) is 53.4 Å². The van der Waals surface area contributed by atoms with Gasteiger partial charge in [-0.15, -0.1) is 23.1 Å². The maximum Gasteiger partial charge on any atom is 0.0657 e. The quantitative estimate of drug-likeness (QED) is 0.834. The van der Waals surface area contributed by atoms with Crippen molar-refractivity contribution in [1.82, 2.24) is 0 Å². The molecule has 1 nitrogen and oxygen atoms in total. The first-order valence-corrected chi connectivity index (χ1v) is 8.11. The van der Waals surface area contributed by atoms with E-state index in [0.29, 0.717) is 0 Å². The van der Waals surface area contributed by atoms with E-state index >= 15 is 0 Å². The topological polar surface area (TPSA) is 26.0 Å². The molecule has 0 aliphatic carbocycles. The zero-order valence-corrected chi connectivity index (χ0v) is 13.0. The number of halogens is 1. The summed E-state index contributed by atoms with van der Waals surface area (Å²) in [6.45, 7) is 2.10. The molecule has 1 aromatic carbocycles. The van der Waals surface area contributed by atoms with Gasteiger partial charge in [-0.25, -0.2) is 0 Å². The van der Waals surface area contributed by atoms with Gasteiger partial charge in [-0.3, -0.25) is 0 Å². The van der Waals surface area contributed by atoms with Gasteiger partial charge in [-0.2, -0.15) is 0 Å². The van der Waals surface area contributed by atoms with E-state index in [-0.39, 0.29) is 6.04 Å². The van der Waals surface area contributed by atoms with E-state index in [9.17, 15) is 0 Å². The molecule has 0 aliphatic heterocycles. The summed E-state index contributed by atoms with van der Waals surface area (Å²) in [5.41, 5.74) is 7.55. The van der Waals surface area contributed by atoms with Crippen molar-refractivity contribution in [2.24, 2.45) is 5.73 Å². The third kappa shape index (κ3) is 2.76. The molecule has 1 atom stereocenters. The summed E-state index contributed by atoms with van der Waals surface area (Å²) in [6, 6.07) is 10.4. The van der Waals surface area contributed by atoms with Crippen molar-refractivity contribution in [3.05, 3.63) is 50.1 Å². The molecule has 1 unspecified atom stereocenters. The van der Waals surface area contributed by atoms with E-state index < -0.39 is 0 Å². The Hall–Kier alpha value is -0.290. The smallest absolute Gasteiger partial charge is 0.0657 e. The van der Waals surface area contributed by atoms with E-state index in [1.807, 2.05) is 6.07 Å². The highest BCUT2D eigenvalue weighted by molar-refractivity contribution is 9.10. The van der Waals surface area contributed by atoms with Gasteiger partial charge < -0.3 is 5.73 Å². The molecule has 0 fully saturated rings. The maximum absolute atomic E-state index is 6.35. The Bertz CT molecular complexity index is 502. The number of rotatable bonds is 3. The SMILES string of the molecule is CSc1ccccc1C(N)c1cc(Br)c(C)s1. The van der Waals surface area contributed by atoms with Crippen molar-refractivity contribution in [3.8, 4) is 0 Å². The van der Waals surface area contributed by atoms with Gasteiger partial charge in [0.2, 0.25) is 0 Å². The highest BCUT2D eigenvalue weighted by Crippen LogP contribution is 2.35. The largest absolute Gasteiger partial charge is 0.320 e. The molecule has 0 radical (unpaired) electrons. The predicted octanol–water partition coefficient (Wildman–Crippen LogP) is 4.59. The van der Waals surface area contributed by atoms with Crippen LogP contribution < -0.4 is 5.73 Å². The van der Waals surface area contributed by atoms with Gasteiger partial charge in [0.05, 0.1) is 6.04 Å². The standard InChI is InChI=1S/C13H14BrNS2/c1-8-10(14)7-12(17-8)13(15)9-5-3-4-6-11(9)16-2/h3-7,13H,15H2,1-2H3. The first-order valence-electron chi connectivity index (χ1n) is 5.27. The van der Waals surface area contributed by atoms with E-state index in [4.69, 9.17) is 5.73 Å². The Balaban J connectivity index is 2.39. The molecule has 4 heteroatoms. The molecule has 2 N–H and O–H groups in total. The average Bonchev–Trinajstić information content (AvgIpc) is 2.68. The third-order valence-corrected chi connectivity index (χ3v) is 5.69. The molecule has 0 spiro atoms. The number of thiophene rings is 1. The lowest BCUT2D eigenvalue weighted by molar-refractivity contribution is 0.867. The fourth-order valence-corrected chi connectivity index (χ4v) is 3.94. The number of hydrogen-bond donors (Lipinski definition) is 1. The van der Waals surface area contributed by atoms with Crippen LogP contribution >= 0.6 is 39.0 Å². The Morgan fingerprint density at radius 3 is 2.65 bits per heavy atom. The van der Waals surface area contributed by atoms with Gasteiger partial charge >= 0.3 is 0 Å². The maximum atomic E-state index is 6.35. The number of nitrogens with two attached hydrogens (primary N) is 1. The van der Waals surface area contributed by atoms with Crippen molar-refractivity contribution < 1.29 is 0 Å². The van der Waals surface area contributed by atoms with Crippen LogP contribution in [0.4, 0.5) is 0 Å². The second kappa shape index (κ2) is 5.57. The summed E-state index contributed by atoms with van der Waals surface area (Å²) in [5, 5.41) is 0. The zero-order valence-electron chi connectivity index (χ0n) is 9.74. The summed E-state index contributed by atoms with van der Waals surface area (Å²) in [6.07, 6.45) is 2.08. The van der Waals surface area contributed by atoms with Crippen LogP contribution in [0.3, 0.4) is 0 Å². The molecule has 0 saturated heterocycles. The van der Waals surface area contributed by atoms with E-state index in [0.717, 1.165) is 4.47 Å². The minimum Gasteiger partial charge on any atom is -0.320 e. The van der Waals surface area contributed by atoms with Gasteiger partial charge in [0.1, 0.15) is 0 Å². The summed E-state index contributed by atoms with van der Waals surface area (Å²) in [7, 11) is 0. The molecule has 17 heavy (non-hydrogen) atoms. The Labute approximate surface area is 119 Å². The molecule has 2 rings (SSSR count). The lowest BCUT2D eigenvalue weighted by Gasteiger charge is -2.13. The van der Waals surface area contributed by atoms with Crippen molar-refractivity contribution in [2.45, 2.75) is 17.9 Å². The predicted molar refractivity (Wildman–Crippen MR) is 81.0 cm³/mol. The Morgan fingerprint density at radius 2 is 2.06 bits per heavy atom. The molecule has 1 heterocycles. The molecule has 90 valence electrons. The highest BCUT2D eigenvalue weighted by atomic mass is 79.9. The zero-order chi connectivity index (χ0) is 12.4. The normalized spacial score (nSPS) is 12.7. The van der Waals surface area contributed by atoms with Crippen molar-refractivity contribution >= 4 is 39.0 Å². The molecule has 1 aromatic heterocycles. The molecule has 2 aromatic rings. The monoisotopic (exact) mass is 327 g/mol. The van der Waals surface area contributed by atoms with Crippen LogP contribution in [-0.2, 0) is 0 Å². The van der Waals surface area contributed by atoms with Gasteiger partial charge in [0, 0.05) is 19.1 Å². The van der Waals surface area contributed by atoms with Gasteiger partial charge in [0.15, 0.2) is 0 Å². The second-order valence-electron chi connectivity index (χ2n) is 3.77. The molecular formula is C13H14BrNS2. The fourth-order valence-electron chi connectivity index (χ4n) is 1.71. The van der Waals surface area contributed by atoms with Crippen LogP contribution in [0, 0.1) is 6.92 Å². The van der Waals surface area contributed by atoms with Crippen molar-refractivity contribution in [3.63, 3.8) is 0 Å². The Morgan fingerprint density at radius 1 is 1.35 bits per heavy atom. The number of hydrogen-bond acceptors (Lipinski definition) is 3. The number of benzene rings is 1. The average molecular weight is 328 g/mol. The first-order chi connectivity index (χ1) is 8.13. The molecule has 0 aliphatic rings. The fraction of sp³-hybridized carbons (Fsp3) is 0.231. The third-order valence-electron chi connectivity index (χ3n) is 2.66. The number of aryl methyl sites for hydroxylation is 1. The van der Waals surface area contributed by atoms with Gasteiger partial charge in [-0.1, -0.05) is 18.2 Å². The minimum atomic E-state index is -0.0337. The van der Waals surface area contributed by atoms with Crippen LogP contribution in [0.5, 0.6) is 0 Å². The van der Waals surface area contributed by atoms with Crippen LogP contribution in [0.2, 0.25) is 0 Å². The lowest BCUT2D eigenvalue weighted by Crippen LogP contribution is -2.11. The molecule has 0 amide bonds. The van der Waals surface area contributed by atoms with Crippen molar-refractivity contribution in [2.75, 3.05) is 6.26 Å². The highest BCUT2D eigenvalue weighted by Gasteiger charge is 2.15. The molecular weight excluding hydrogens is 314 g/mol. The van der Waals surface area contributed by atoms with Gasteiger partial charge in [-0.05, 0) is 46.8 Å². The molecule has 0 bridgehead atoms. The van der Waals surface area contributed by atoms with Crippen LogP contribution in [0.25, 0.3) is 0 Å². The lowest BCUT2D eigenvalue weighted by atomic mass is 10.1. The van der Waals surface area contributed by atoms with Crippen LogP contribution in [0.15, 0.2) is 39.7 Å². The van der Waals surface area contributed by atoms with Crippen LogP contribution in [-0.4, -0.2) is 6.26 Å². The second-order valence-corrected chi connectivity index (χ2v) is 6.76. The van der Waals surface area contributed by atoms with E-state index in [1.54, 1.807) is 23.1 Å².